The molecule has 0 aliphatic heterocycles. The molecule has 0 bridgehead atoms. The van der Waals surface area contributed by atoms with E-state index < -0.39 is 10.9 Å². The summed E-state index contributed by atoms with van der Waals surface area (Å²) >= 11 is 0. The van der Waals surface area contributed by atoms with Gasteiger partial charge in [0.25, 0.3) is 5.69 Å². The molecule has 104 valence electrons. The van der Waals surface area contributed by atoms with Gasteiger partial charge in [-0.15, -0.1) is 0 Å². The molecule has 20 heavy (non-hydrogen) atoms. The minimum atomic E-state index is -0.612. The van der Waals surface area contributed by atoms with E-state index in [0.717, 1.165) is 6.54 Å². The number of rotatable bonds is 5. The van der Waals surface area contributed by atoms with E-state index in [2.05, 4.69) is 4.98 Å². The van der Waals surface area contributed by atoms with Crippen molar-refractivity contribution in [1.29, 1.82) is 0 Å². The van der Waals surface area contributed by atoms with Crippen molar-refractivity contribution in [3.8, 4) is 0 Å². The summed E-state index contributed by atoms with van der Waals surface area (Å²) in [5.41, 5.74) is 0.00307. The average Bonchev–Trinajstić information content (AvgIpc) is 2.92. The fourth-order valence-corrected chi connectivity index (χ4v) is 1.73. The van der Waals surface area contributed by atoms with Crippen LogP contribution in [0.1, 0.15) is 23.1 Å². The molecule has 0 spiro atoms. The van der Waals surface area contributed by atoms with E-state index in [4.69, 9.17) is 4.74 Å². The number of aryl methyl sites for hydroxylation is 1. The molecule has 0 aliphatic rings. The van der Waals surface area contributed by atoms with Crippen molar-refractivity contribution in [1.82, 2.24) is 9.55 Å². The molecule has 0 amide bonds. The van der Waals surface area contributed by atoms with E-state index in [1.54, 1.807) is 12.4 Å². The molecule has 1 aromatic heterocycles. The van der Waals surface area contributed by atoms with E-state index in [-0.39, 0.29) is 17.9 Å². The summed E-state index contributed by atoms with van der Waals surface area (Å²) < 4.78 is 6.95. The van der Waals surface area contributed by atoms with Crippen LogP contribution in [0.2, 0.25) is 0 Å². The van der Waals surface area contributed by atoms with Gasteiger partial charge in [-0.3, -0.25) is 10.1 Å². The number of nitro benzene ring substituents is 1. The second-order valence-electron chi connectivity index (χ2n) is 4.01. The number of aromatic nitrogens is 2. The van der Waals surface area contributed by atoms with Crippen LogP contribution in [0.15, 0.2) is 36.7 Å². The van der Waals surface area contributed by atoms with Gasteiger partial charge in [0, 0.05) is 31.1 Å². The molecule has 0 radical (unpaired) electrons. The molecular formula is C13H13N3O4. The number of ether oxygens (including phenoxy) is 1. The molecule has 0 atom stereocenters. The van der Waals surface area contributed by atoms with Crippen LogP contribution in [-0.2, 0) is 17.9 Å². The lowest BCUT2D eigenvalue weighted by Gasteiger charge is -2.06. The van der Waals surface area contributed by atoms with E-state index in [1.165, 1.54) is 24.3 Å². The van der Waals surface area contributed by atoms with E-state index in [0.29, 0.717) is 5.82 Å². The van der Waals surface area contributed by atoms with Crippen LogP contribution in [0, 0.1) is 10.1 Å². The second kappa shape index (κ2) is 5.96. The maximum absolute atomic E-state index is 11.8. The summed E-state index contributed by atoms with van der Waals surface area (Å²) in [6, 6.07) is 5.43. The number of nitrogens with zero attached hydrogens (tertiary/aromatic N) is 3. The van der Waals surface area contributed by atoms with Crippen molar-refractivity contribution in [2.45, 2.75) is 20.1 Å². The van der Waals surface area contributed by atoms with E-state index >= 15 is 0 Å². The number of carbonyl (C=O) groups excluding carboxylic acids is 1. The third kappa shape index (κ3) is 3.00. The summed E-state index contributed by atoms with van der Waals surface area (Å²) in [6.07, 6.45) is 3.41. The van der Waals surface area contributed by atoms with Gasteiger partial charge in [-0.2, -0.15) is 0 Å². The Morgan fingerprint density at radius 1 is 1.50 bits per heavy atom. The monoisotopic (exact) mass is 275 g/mol. The van der Waals surface area contributed by atoms with Crippen LogP contribution in [0.3, 0.4) is 0 Å². The van der Waals surface area contributed by atoms with Crippen molar-refractivity contribution in [2.75, 3.05) is 0 Å². The number of hydrogen-bond acceptors (Lipinski definition) is 5. The molecule has 0 fully saturated rings. The Bertz CT molecular complexity index is 636. The largest absolute Gasteiger partial charge is 0.454 e. The molecule has 7 heteroatoms. The van der Waals surface area contributed by atoms with E-state index in [9.17, 15) is 14.9 Å². The van der Waals surface area contributed by atoms with Crippen LogP contribution < -0.4 is 0 Å². The van der Waals surface area contributed by atoms with Crippen molar-refractivity contribution in [3.63, 3.8) is 0 Å². The van der Waals surface area contributed by atoms with Gasteiger partial charge in [-0.25, -0.2) is 9.78 Å². The zero-order valence-corrected chi connectivity index (χ0v) is 10.9. The van der Waals surface area contributed by atoms with Crippen molar-refractivity contribution < 1.29 is 14.5 Å². The molecule has 1 aromatic carbocycles. The van der Waals surface area contributed by atoms with Gasteiger partial charge in [-0.05, 0) is 13.0 Å². The quantitative estimate of drug-likeness (QED) is 0.474. The van der Waals surface area contributed by atoms with Gasteiger partial charge in [0.1, 0.15) is 12.4 Å². The highest BCUT2D eigenvalue weighted by Gasteiger charge is 2.13. The zero-order chi connectivity index (χ0) is 14.5. The molecule has 2 aromatic rings. The predicted molar refractivity (Wildman–Crippen MR) is 70.1 cm³/mol. The van der Waals surface area contributed by atoms with Gasteiger partial charge in [-0.1, -0.05) is 6.07 Å². The zero-order valence-electron chi connectivity index (χ0n) is 10.9. The highest BCUT2D eigenvalue weighted by atomic mass is 16.6. The van der Waals surface area contributed by atoms with Crippen molar-refractivity contribution in [2.24, 2.45) is 0 Å². The van der Waals surface area contributed by atoms with Crippen LogP contribution in [0.4, 0.5) is 5.69 Å². The first kappa shape index (κ1) is 13.7. The number of nitro groups is 1. The average molecular weight is 275 g/mol. The Labute approximate surface area is 115 Å². The Balaban J connectivity index is 2.05. The summed E-state index contributed by atoms with van der Waals surface area (Å²) in [6.45, 7) is 2.71. The molecule has 0 N–H and O–H groups in total. The van der Waals surface area contributed by atoms with Gasteiger partial charge < -0.3 is 9.30 Å². The highest BCUT2D eigenvalue weighted by Crippen LogP contribution is 2.14. The van der Waals surface area contributed by atoms with Gasteiger partial charge >= 0.3 is 5.97 Å². The number of esters is 1. The lowest BCUT2D eigenvalue weighted by atomic mass is 10.2. The van der Waals surface area contributed by atoms with Crippen LogP contribution in [-0.4, -0.2) is 20.4 Å². The molecule has 0 saturated carbocycles. The van der Waals surface area contributed by atoms with Gasteiger partial charge in [0.05, 0.1) is 10.5 Å². The fraction of sp³-hybridized carbons (Fsp3) is 0.231. The summed E-state index contributed by atoms with van der Waals surface area (Å²) in [5, 5.41) is 10.6. The molecule has 0 saturated heterocycles. The normalized spacial score (nSPS) is 10.2. The number of hydrogen-bond donors (Lipinski definition) is 0. The van der Waals surface area contributed by atoms with Gasteiger partial charge in [0.15, 0.2) is 0 Å². The maximum atomic E-state index is 11.8. The SMILES string of the molecule is CCn1ccnc1COC(=O)c1cccc([N+](=O)[O-])c1. The second-order valence-corrected chi connectivity index (χ2v) is 4.01. The molecular weight excluding hydrogens is 262 g/mol. The summed E-state index contributed by atoms with van der Waals surface area (Å²) in [5.74, 6) is 0.0191. The van der Waals surface area contributed by atoms with Gasteiger partial charge in [0.2, 0.25) is 0 Å². The molecule has 7 nitrogen and oxygen atoms in total. The summed E-state index contributed by atoms with van der Waals surface area (Å²) in [7, 11) is 0. The molecule has 1 heterocycles. The first-order chi connectivity index (χ1) is 9.61. The van der Waals surface area contributed by atoms with Crippen molar-refractivity contribution >= 4 is 11.7 Å². The smallest absolute Gasteiger partial charge is 0.338 e. The van der Waals surface area contributed by atoms with Crippen LogP contribution in [0.5, 0.6) is 0 Å². The van der Waals surface area contributed by atoms with Crippen LogP contribution in [0.25, 0.3) is 0 Å². The lowest BCUT2D eigenvalue weighted by Crippen LogP contribution is -2.09. The molecule has 2 rings (SSSR count). The Morgan fingerprint density at radius 2 is 2.30 bits per heavy atom. The number of carbonyl (C=O) groups is 1. The number of imidazole rings is 1. The minimum absolute atomic E-state index is 0.0301. The highest BCUT2D eigenvalue weighted by molar-refractivity contribution is 5.90. The first-order valence-electron chi connectivity index (χ1n) is 6.03. The summed E-state index contributed by atoms with van der Waals surface area (Å²) in [4.78, 5) is 26.0. The van der Waals surface area contributed by atoms with Crippen LogP contribution >= 0.6 is 0 Å². The third-order valence-electron chi connectivity index (χ3n) is 2.77. The Hall–Kier alpha value is -2.70. The first-order valence-corrected chi connectivity index (χ1v) is 6.03. The third-order valence-corrected chi connectivity index (χ3v) is 2.77. The number of benzene rings is 1. The fourth-order valence-electron chi connectivity index (χ4n) is 1.73. The Kier molecular flexibility index (Phi) is 4.09. The van der Waals surface area contributed by atoms with E-state index in [1.807, 2.05) is 11.5 Å². The molecule has 0 unspecified atom stereocenters. The minimum Gasteiger partial charge on any atom is -0.454 e. The van der Waals surface area contributed by atoms with Crippen molar-refractivity contribution in [3.05, 3.63) is 58.2 Å². The Morgan fingerprint density at radius 3 is 3.00 bits per heavy atom. The standard InChI is InChI=1S/C13H13N3O4/c1-2-15-7-6-14-12(15)9-20-13(17)10-4-3-5-11(8-10)16(18)19/h3-8H,2,9H2,1H3. The lowest BCUT2D eigenvalue weighted by molar-refractivity contribution is -0.384. The number of non-ortho nitro benzene ring substituents is 1. The topological polar surface area (TPSA) is 87.3 Å². The predicted octanol–water partition coefficient (Wildman–Crippen LogP) is 2.17. The maximum Gasteiger partial charge on any atom is 0.338 e. The molecule has 0 aliphatic carbocycles.